The van der Waals surface area contributed by atoms with Gasteiger partial charge < -0.3 is 19.5 Å². The van der Waals surface area contributed by atoms with E-state index in [1.165, 1.54) is 6.33 Å². The van der Waals surface area contributed by atoms with Crippen LogP contribution in [0.3, 0.4) is 0 Å². The molecule has 1 N–H and O–H groups in total. The zero-order chi connectivity index (χ0) is 18.9. The van der Waals surface area contributed by atoms with E-state index in [1.807, 2.05) is 39.0 Å². The van der Waals surface area contributed by atoms with Crippen molar-refractivity contribution in [1.82, 2.24) is 14.9 Å². The van der Waals surface area contributed by atoms with Gasteiger partial charge in [-0.1, -0.05) is 6.07 Å². The van der Waals surface area contributed by atoms with Crippen LogP contribution in [0.1, 0.15) is 32.8 Å². The molecule has 1 aromatic carbocycles. The Kier molecular flexibility index (Phi) is 4.75. The topological polar surface area (TPSA) is 84.8 Å². The molecule has 140 valence electrons. The zero-order valence-electron chi connectivity index (χ0n) is 15.7. The van der Waals surface area contributed by atoms with Crippen LogP contribution in [0.5, 0.6) is 5.88 Å². The third-order valence-electron chi connectivity index (χ3n) is 4.63. The predicted molar refractivity (Wildman–Crippen MR) is 97.3 cm³/mol. The lowest BCUT2D eigenvalue weighted by molar-refractivity contribution is -0.0149. The van der Waals surface area contributed by atoms with E-state index in [2.05, 4.69) is 9.97 Å². The minimum Gasteiger partial charge on any atom is -0.480 e. The van der Waals surface area contributed by atoms with Crippen molar-refractivity contribution in [2.45, 2.75) is 38.2 Å². The van der Waals surface area contributed by atoms with E-state index >= 15 is 0 Å². The van der Waals surface area contributed by atoms with Crippen LogP contribution in [0.2, 0.25) is 0 Å². The van der Waals surface area contributed by atoms with E-state index in [1.54, 1.807) is 12.0 Å². The number of carbonyl (C=O) groups is 1. The van der Waals surface area contributed by atoms with Gasteiger partial charge in [-0.05, 0) is 44.9 Å². The van der Waals surface area contributed by atoms with Crippen molar-refractivity contribution < 1.29 is 19.4 Å². The number of methoxy groups -OCH3 is 1. The van der Waals surface area contributed by atoms with Crippen LogP contribution in [-0.2, 0) is 10.2 Å². The summed E-state index contributed by atoms with van der Waals surface area (Å²) in [4.78, 5) is 22.4. The van der Waals surface area contributed by atoms with Crippen molar-refractivity contribution >= 4 is 17.0 Å². The molecule has 0 spiro atoms. The number of ether oxygens (including phenoxy) is 2. The van der Waals surface area contributed by atoms with Gasteiger partial charge in [0.05, 0.1) is 18.0 Å². The first kappa shape index (κ1) is 18.4. The normalized spacial score (nSPS) is 16.3. The molecule has 2 aromatic rings. The smallest absolute Gasteiger partial charge is 0.410 e. The van der Waals surface area contributed by atoms with Crippen LogP contribution in [0, 0.1) is 0 Å². The fourth-order valence-corrected chi connectivity index (χ4v) is 3.36. The van der Waals surface area contributed by atoms with E-state index < -0.39 is 5.60 Å². The number of hydrogen-bond acceptors (Lipinski definition) is 6. The number of rotatable bonds is 4. The molecule has 7 heteroatoms. The lowest BCUT2D eigenvalue weighted by atomic mass is 9.71. The maximum Gasteiger partial charge on any atom is 0.410 e. The fourth-order valence-electron chi connectivity index (χ4n) is 3.36. The van der Waals surface area contributed by atoms with Crippen molar-refractivity contribution in [2.24, 2.45) is 0 Å². The fraction of sp³-hybridized carbons (Fsp3) is 0.526. The Morgan fingerprint density at radius 3 is 2.65 bits per heavy atom. The van der Waals surface area contributed by atoms with Crippen molar-refractivity contribution in [3.63, 3.8) is 0 Å². The van der Waals surface area contributed by atoms with Gasteiger partial charge >= 0.3 is 6.09 Å². The molecule has 0 atom stereocenters. The first-order valence-corrected chi connectivity index (χ1v) is 8.66. The number of benzene rings is 1. The van der Waals surface area contributed by atoms with Crippen LogP contribution in [-0.4, -0.2) is 58.5 Å². The minimum absolute atomic E-state index is 0.0443. The molecule has 2 heterocycles. The van der Waals surface area contributed by atoms with Gasteiger partial charge in [-0.3, -0.25) is 0 Å². The number of aliphatic hydroxyl groups is 1. The molecule has 7 nitrogen and oxygen atoms in total. The number of aromatic nitrogens is 2. The summed E-state index contributed by atoms with van der Waals surface area (Å²) in [6.45, 7) is 6.60. The number of carbonyl (C=O) groups excluding carboxylic acids is 1. The summed E-state index contributed by atoms with van der Waals surface area (Å²) in [5.41, 5.74) is 0.996. The van der Waals surface area contributed by atoms with Crippen LogP contribution >= 0.6 is 0 Å². The Bertz CT molecular complexity index is 810. The highest BCUT2D eigenvalue weighted by Crippen LogP contribution is 2.40. The van der Waals surface area contributed by atoms with Crippen molar-refractivity contribution in [2.75, 3.05) is 26.8 Å². The molecule has 1 fully saturated rings. The third kappa shape index (κ3) is 3.44. The summed E-state index contributed by atoms with van der Waals surface area (Å²) < 4.78 is 10.8. The summed E-state index contributed by atoms with van der Waals surface area (Å²) >= 11 is 0. The number of likely N-dealkylation sites (tertiary alicyclic amines) is 1. The number of amides is 1. The van der Waals surface area contributed by atoms with Crippen LogP contribution in [0.25, 0.3) is 10.9 Å². The molecule has 3 rings (SSSR count). The molecule has 1 aromatic heterocycles. The van der Waals surface area contributed by atoms with Gasteiger partial charge in [0.25, 0.3) is 0 Å². The summed E-state index contributed by atoms with van der Waals surface area (Å²) in [7, 11) is 1.57. The second kappa shape index (κ2) is 6.72. The SMILES string of the molecule is COc1ncnc2ccc(C3(CCO)CN(C(=O)OC(C)(C)C)C3)cc12. The van der Waals surface area contributed by atoms with E-state index in [0.29, 0.717) is 25.4 Å². The number of fused-ring (bicyclic) bond motifs is 1. The highest BCUT2D eigenvalue weighted by atomic mass is 16.6. The molecular weight excluding hydrogens is 334 g/mol. The van der Waals surface area contributed by atoms with E-state index in [-0.39, 0.29) is 18.1 Å². The molecule has 0 bridgehead atoms. The summed E-state index contributed by atoms with van der Waals surface area (Å²) in [6, 6.07) is 5.91. The molecular formula is C19H25N3O4. The first-order valence-electron chi connectivity index (χ1n) is 8.66. The Hall–Kier alpha value is -2.41. The van der Waals surface area contributed by atoms with Crippen LogP contribution in [0.4, 0.5) is 4.79 Å². The highest BCUT2D eigenvalue weighted by molar-refractivity contribution is 5.84. The number of nitrogens with zero attached hydrogens (tertiary/aromatic N) is 3. The Morgan fingerprint density at radius 2 is 2.04 bits per heavy atom. The lowest BCUT2D eigenvalue weighted by Crippen LogP contribution is -2.62. The van der Waals surface area contributed by atoms with Gasteiger partial charge in [0.15, 0.2) is 0 Å². The maximum atomic E-state index is 12.3. The molecule has 0 unspecified atom stereocenters. The van der Waals surface area contributed by atoms with E-state index in [9.17, 15) is 9.90 Å². The van der Waals surface area contributed by atoms with Gasteiger partial charge in [0.1, 0.15) is 11.9 Å². The van der Waals surface area contributed by atoms with Crippen molar-refractivity contribution in [3.8, 4) is 5.88 Å². The molecule has 1 aliphatic rings. The number of aliphatic hydroxyl groups excluding tert-OH is 1. The Morgan fingerprint density at radius 1 is 1.31 bits per heavy atom. The summed E-state index contributed by atoms with van der Waals surface area (Å²) in [6.07, 6.45) is 1.71. The number of hydrogen-bond donors (Lipinski definition) is 1. The van der Waals surface area contributed by atoms with Gasteiger partial charge in [-0.25, -0.2) is 14.8 Å². The molecule has 1 saturated heterocycles. The standard InChI is InChI=1S/C19H25N3O4/c1-18(2,3)26-17(24)22-10-19(11-22,7-8-23)13-5-6-15-14(9-13)16(25-4)21-12-20-15/h5-6,9,12,23H,7-8,10-11H2,1-4H3. The van der Waals surface area contributed by atoms with E-state index in [4.69, 9.17) is 9.47 Å². The largest absolute Gasteiger partial charge is 0.480 e. The predicted octanol–water partition coefficient (Wildman–Crippen LogP) is 2.51. The molecule has 0 aliphatic carbocycles. The van der Waals surface area contributed by atoms with Gasteiger partial charge in [0.2, 0.25) is 5.88 Å². The molecule has 1 aliphatic heterocycles. The second-order valence-corrected chi connectivity index (χ2v) is 7.71. The highest BCUT2D eigenvalue weighted by Gasteiger charge is 2.47. The van der Waals surface area contributed by atoms with Crippen molar-refractivity contribution in [3.05, 3.63) is 30.1 Å². The maximum absolute atomic E-state index is 12.3. The Balaban J connectivity index is 1.88. The molecule has 1 amide bonds. The zero-order valence-corrected chi connectivity index (χ0v) is 15.7. The molecule has 0 saturated carbocycles. The van der Waals surface area contributed by atoms with Crippen LogP contribution in [0.15, 0.2) is 24.5 Å². The average Bonchev–Trinajstić information content (AvgIpc) is 2.55. The van der Waals surface area contributed by atoms with Crippen molar-refractivity contribution in [1.29, 1.82) is 0 Å². The first-order chi connectivity index (χ1) is 12.3. The quantitative estimate of drug-likeness (QED) is 0.903. The molecule has 0 radical (unpaired) electrons. The van der Waals surface area contributed by atoms with Gasteiger partial charge in [-0.2, -0.15) is 0 Å². The van der Waals surface area contributed by atoms with E-state index in [0.717, 1.165) is 16.5 Å². The van der Waals surface area contributed by atoms with Gasteiger partial charge in [0, 0.05) is 25.1 Å². The van der Waals surface area contributed by atoms with Gasteiger partial charge in [-0.15, -0.1) is 0 Å². The minimum atomic E-state index is -0.528. The Labute approximate surface area is 153 Å². The third-order valence-corrected chi connectivity index (χ3v) is 4.63. The summed E-state index contributed by atoms with van der Waals surface area (Å²) in [5, 5.41) is 10.4. The monoisotopic (exact) mass is 359 g/mol. The second-order valence-electron chi connectivity index (χ2n) is 7.71. The lowest BCUT2D eigenvalue weighted by Gasteiger charge is -2.50. The summed E-state index contributed by atoms with van der Waals surface area (Å²) in [5.74, 6) is 0.513. The molecule has 26 heavy (non-hydrogen) atoms. The average molecular weight is 359 g/mol. The van der Waals surface area contributed by atoms with Crippen LogP contribution < -0.4 is 4.74 Å².